The molecule has 8 heteroatoms. The van der Waals surface area contributed by atoms with Crippen molar-refractivity contribution in [2.24, 2.45) is 5.92 Å². The Kier molecular flexibility index (Phi) is 8.94. The number of hydrogen-bond acceptors (Lipinski definition) is 7. The van der Waals surface area contributed by atoms with E-state index < -0.39 is 9.84 Å². The monoisotopic (exact) mass is 489 g/mol. The van der Waals surface area contributed by atoms with Gasteiger partial charge in [0.25, 0.3) is 0 Å². The summed E-state index contributed by atoms with van der Waals surface area (Å²) in [6, 6.07) is 13.4. The summed E-state index contributed by atoms with van der Waals surface area (Å²) in [7, 11) is -3.18. The Bertz CT molecular complexity index is 1010. The highest BCUT2D eigenvalue weighted by atomic mass is 32.2. The van der Waals surface area contributed by atoms with Gasteiger partial charge >= 0.3 is 0 Å². The fourth-order valence-electron chi connectivity index (χ4n) is 4.36. The van der Waals surface area contributed by atoms with E-state index in [1.54, 1.807) is 35.6 Å². The zero-order valence-electron chi connectivity index (χ0n) is 19.9. The van der Waals surface area contributed by atoms with Crippen LogP contribution in [0.15, 0.2) is 46.7 Å². The normalized spacial score (nSPS) is 17.5. The molecule has 2 aromatic rings. The van der Waals surface area contributed by atoms with Crippen LogP contribution < -0.4 is 4.74 Å². The second-order valence-corrected chi connectivity index (χ2v) is 12.1. The SMILES string of the molecule is CC(C)C(C#N)(CCCN1CCN(CCOc2ccc(S(C)(=O)=O)cc2)CC1)c1cccs1. The Labute approximate surface area is 202 Å². The van der Waals surface area contributed by atoms with Gasteiger partial charge in [-0.3, -0.25) is 4.90 Å². The first-order valence-corrected chi connectivity index (χ1v) is 14.3. The molecule has 1 atom stereocenters. The van der Waals surface area contributed by atoms with E-state index in [1.165, 1.54) is 11.1 Å². The lowest BCUT2D eigenvalue weighted by Gasteiger charge is -2.35. The van der Waals surface area contributed by atoms with Gasteiger partial charge in [0.05, 0.1) is 16.4 Å². The zero-order chi connectivity index (χ0) is 23.9. The molecule has 1 aromatic carbocycles. The number of ether oxygens (including phenoxy) is 1. The van der Waals surface area contributed by atoms with Crippen molar-refractivity contribution >= 4 is 21.2 Å². The Morgan fingerprint density at radius 1 is 1.09 bits per heavy atom. The van der Waals surface area contributed by atoms with Gasteiger partial charge in [0.1, 0.15) is 12.4 Å². The van der Waals surface area contributed by atoms with E-state index in [4.69, 9.17) is 4.74 Å². The fourth-order valence-corrected chi connectivity index (χ4v) is 6.05. The van der Waals surface area contributed by atoms with Gasteiger partial charge in [0.2, 0.25) is 0 Å². The molecule has 3 rings (SSSR count). The maximum atomic E-state index is 11.5. The van der Waals surface area contributed by atoms with Crippen LogP contribution in [0.25, 0.3) is 0 Å². The molecule has 1 unspecified atom stereocenters. The number of rotatable bonds is 11. The Morgan fingerprint density at radius 2 is 1.73 bits per heavy atom. The van der Waals surface area contributed by atoms with Crippen LogP contribution in [0.2, 0.25) is 0 Å². The molecule has 1 fully saturated rings. The van der Waals surface area contributed by atoms with E-state index in [9.17, 15) is 13.7 Å². The van der Waals surface area contributed by atoms with Gasteiger partial charge in [-0.05, 0) is 61.0 Å². The van der Waals surface area contributed by atoms with Crippen molar-refractivity contribution in [3.63, 3.8) is 0 Å². The van der Waals surface area contributed by atoms with Crippen molar-refractivity contribution in [1.82, 2.24) is 9.80 Å². The van der Waals surface area contributed by atoms with Crippen LogP contribution >= 0.6 is 11.3 Å². The minimum atomic E-state index is -3.18. The van der Waals surface area contributed by atoms with E-state index in [0.29, 0.717) is 23.2 Å². The van der Waals surface area contributed by atoms with Crippen molar-refractivity contribution in [3.05, 3.63) is 46.7 Å². The smallest absolute Gasteiger partial charge is 0.175 e. The summed E-state index contributed by atoms with van der Waals surface area (Å²) in [6.45, 7) is 10.9. The predicted octanol–water partition coefficient (Wildman–Crippen LogP) is 4.05. The third kappa shape index (κ3) is 6.80. The quantitative estimate of drug-likeness (QED) is 0.474. The Hall–Kier alpha value is -1.92. The molecule has 1 aliphatic rings. The van der Waals surface area contributed by atoms with Gasteiger partial charge in [0.15, 0.2) is 9.84 Å². The Balaban J connectivity index is 1.37. The number of sulfone groups is 1. The molecule has 0 aliphatic carbocycles. The molecule has 0 radical (unpaired) electrons. The third-order valence-electron chi connectivity index (χ3n) is 6.58. The summed E-state index contributed by atoms with van der Waals surface area (Å²) in [6.07, 6.45) is 3.13. The molecule has 1 saturated heterocycles. The zero-order valence-corrected chi connectivity index (χ0v) is 21.5. The van der Waals surface area contributed by atoms with Gasteiger partial charge in [-0.1, -0.05) is 19.9 Å². The van der Waals surface area contributed by atoms with Crippen molar-refractivity contribution in [3.8, 4) is 11.8 Å². The lowest BCUT2D eigenvalue weighted by atomic mass is 9.73. The van der Waals surface area contributed by atoms with E-state index in [1.807, 2.05) is 6.07 Å². The Morgan fingerprint density at radius 3 is 2.24 bits per heavy atom. The summed E-state index contributed by atoms with van der Waals surface area (Å²) >= 11 is 1.70. The van der Waals surface area contributed by atoms with Crippen molar-refractivity contribution in [2.75, 3.05) is 52.1 Å². The van der Waals surface area contributed by atoms with Gasteiger partial charge in [-0.15, -0.1) is 11.3 Å². The topological polar surface area (TPSA) is 73.6 Å². The maximum Gasteiger partial charge on any atom is 0.175 e. The highest BCUT2D eigenvalue weighted by Gasteiger charge is 2.36. The summed E-state index contributed by atoms with van der Waals surface area (Å²) in [5.41, 5.74) is -0.382. The molecule has 1 aromatic heterocycles. The van der Waals surface area contributed by atoms with Crippen LogP contribution in [-0.4, -0.2) is 70.3 Å². The van der Waals surface area contributed by atoms with Crippen LogP contribution in [-0.2, 0) is 15.3 Å². The van der Waals surface area contributed by atoms with Gasteiger partial charge in [-0.2, -0.15) is 5.26 Å². The lowest BCUT2D eigenvalue weighted by Crippen LogP contribution is -2.47. The fraction of sp³-hybridized carbons (Fsp3) is 0.560. The molecule has 2 heterocycles. The molecule has 0 spiro atoms. The van der Waals surface area contributed by atoms with E-state index >= 15 is 0 Å². The van der Waals surface area contributed by atoms with Gasteiger partial charge in [0, 0.05) is 43.9 Å². The second-order valence-electron chi connectivity index (χ2n) is 9.09. The molecule has 6 nitrogen and oxygen atoms in total. The number of nitrogens with zero attached hydrogens (tertiary/aromatic N) is 3. The molecule has 33 heavy (non-hydrogen) atoms. The first-order chi connectivity index (χ1) is 15.7. The molecule has 0 saturated carbocycles. The highest BCUT2D eigenvalue weighted by molar-refractivity contribution is 7.90. The molecule has 180 valence electrons. The van der Waals surface area contributed by atoms with Crippen LogP contribution in [0.1, 0.15) is 31.6 Å². The molecule has 0 amide bonds. The second kappa shape index (κ2) is 11.5. The van der Waals surface area contributed by atoms with Crippen LogP contribution in [0.3, 0.4) is 0 Å². The van der Waals surface area contributed by atoms with E-state index in [-0.39, 0.29) is 5.41 Å². The highest BCUT2D eigenvalue weighted by Crippen LogP contribution is 2.39. The maximum absolute atomic E-state index is 11.5. The summed E-state index contributed by atoms with van der Waals surface area (Å²) in [5, 5.41) is 12.1. The number of piperazine rings is 1. The van der Waals surface area contributed by atoms with Crippen molar-refractivity contribution < 1.29 is 13.2 Å². The first-order valence-electron chi connectivity index (χ1n) is 11.6. The molecule has 0 bridgehead atoms. The molecule has 0 N–H and O–H groups in total. The molecular formula is C25H35N3O3S2. The number of nitriles is 1. The number of benzene rings is 1. The minimum Gasteiger partial charge on any atom is -0.492 e. The minimum absolute atomic E-state index is 0.292. The first kappa shape index (κ1) is 25.7. The largest absolute Gasteiger partial charge is 0.492 e. The standard InChI is InChI=1S/C25H35N3O3S2/c1-21(2)25(20-26,24-6-4-19-32-24)11-5-12-27-13-15-28(16-14-27)17-18-31-22-7-9-23(10-8-22)33(3,29)30/h4,6-10,19,21H,5,11-18H2,1-3H3. The summed E-state index contributed by atoms with van der Waals surface area (Å²) < 4.78 is 28.9. The lowest BCUT2D eigenvalue weighted by molar-refractivity contribution is 0.114. The number of thiophene rings is 1. The van der Waals surface area contributed by atoms with Crippen molar-refractivity contribution in [2.45, 2.75) is 37.0 Å². The van der Waals surface area contributed by atoms with Crippen LogP contribution in [0.5, 0.6) is 5.75 Å². The van der Waals surface area contributed by atoms with Gasteiger partial charge < -0.3 is 9.64 Å². The number of hydrogen-bond donors (Lipinski definition) is 0. The van der Waals surface area contributed by atoms with Crippen LogP contribution in [0.4, 0.5) is 0 Å². The molecular weight excluding hydrogens is 454 g/mol. The summed E-state index contributed by atoms with van der Waals surface area (Å²) in [4.78, 5) is 6.40. The van der Waals surface area contributed by atoms with E-state index in [0.717, 1.165) is 52.1 Å². The molecule has 1 aliphatic heterocycles. The van der Waals surface area contributed by atoms with Gasteiger partial charge in [-0.25, -0.2) is 8.42 Å². The predicted molar refractivity (Wildman–Crippen MR) is 134 cm³/mol. The van der Waals surface area contributed by atoms with E-state index in [2.05, 4.69) is 41.2 Å². The third-order valence-corrected chi connectivity index (χ3v) is 8.76. The van der Waals surface area contributed by atoms with Crippen LogP contribution in [0, 0.1) is 17.2 Å². The average molecular weight is 490 g/mol. The average Bonchev–Trinajstić information content (AvgIpc) is 3.33. The van der Waals surface area contributed by atoms with Crippen molar-refractivity contribution in [1.29, 1.82) is 5.26 Å². The summed E-state index contributed by atoms with van der Waals surface area (Å²) in [5.74, 6) is 0.985.